The topological polar surface area (TPSA) is 58.8 Å². The van der Waals surface area contributed by atoms with Crippen molar-refractivity contribution in [1.29, 1.82) is 0 Å². The molecule has 5 heteroatoms. The molecular weight excluding hydrogens is 326 g/mol. The molecule has 0 aromatic heterocycles. The minimum Gasteiger partial charge on any atom is -0.497 e. The van der Waals surface area contributed by atoms with Crippen molar-refractivity contribution in [2.24, 2.45) is 5.73 Å². The second-order valence-electron chi connectivity index (χ2n) is 6.97. The van der Waals surface area contributed by atoms with Crippen molar-refractivity contribution in [2.75, 3.05) is 33.8 Å². The minimum atomic E-state index is 0.0668. The van der Waals surface area contributed by atoms with E-state index in [1.165, 1.54) is 5.56 Å². The number of ether oxygens (including phenoxy) is 1. The van der Waals surface area contributed by atoms with Gasteiger partial charge in [-0.2, -0.15) is 0 Å². The second-order valence-corrected chi connectivity index (χ2v) is 6.97. The number of methoxy groups -OCH3 is 1. The molecule has 2 aromatic rings. The molecule has 0 aliphatic carbocycles. The standard InChI is InChI=1S/C21H27N3O2/c1-23(12-16-8-10-18(26-2)11-9-16)21(25)15-24-13-19(20(22)14-24)17-6-4-3-5-7-17/h3-11,19-20H,12-15,22H2,1-2H3/t19-,20+/m0/s1. The second kappa shape index (κ2) is 8.34. The fourth-order valence-electron chi connectivity index (χ4n) is 3.50. The van der Waals surface area contributed by atoms with Crippen LogP contribution in [0.2, 0.25) is 0 Å². The zero-order valence-electron chi connectivity index (χ0n) is 15.5. The largest absolute Gasteiger partial charge is 0.497 e. The molecule has 0 radical (unpaired) electrons. The van der Waals surface area contributed by atoms with Gasteiger partial charge >= 0.3 is 0 Å². The molecule has 0 unspecified atom stereocenters. The third kappa shape index (κ3) is 4.42. The first kappa shape index (κ1) is 18.4. The SMILES string of the molecule is COc1ccc(CN(C)C(=O)CN2C[C@@H](N)[C@H](c3ccccc3)C2)cc1. The van der Waals surface area contributed by atoms with Crippen LogP contribution in [0.3, 0.4) is 0 Å². The summed E-state index contributed by atoms with van der Waals surface area (Å²) >= 11 is 0. The van der Waals surface area contributed by atoms with Gasteiger partial charge in [0.1, 0.15) is 5.75 Å². The molecule has 1 aliphatic heterocycles. The Kier molecular flexibility index (Phi) is 5.91. The van der Waals surface area contributed by atoms with E-state index in [9.17, 15) is 4.79 Å². The predicted octanol–water partition coefficient (Wildman–Crippen LogP) is 2.08. The van der Waals surface area contributed by atoms with Crippen molar-refractivity contribution in [2.45, 2.75) is 18.5 Å². The van der Waals surface area contributed by atoms with Crippen molar-refractivity contribution >= 4 is 5.91 Å². The number of rotatable bonds is 6. The summed E-state index contributed by atoms with van der Waals surface area (Å²) in [6.07, 6.45) is 0. The van der Waals surface area contributed by atoms with Gasteiger partial charge in [0, 0.05) is 38.6 Å². The van der Waals surface area contributed by atoms with Crippen molar-refractivity contribution in [3.63, 3.8) is 0 Å². The summed E-state index contributed by atoms with van der Waals surface area (Å²) in [5.74, 6) is 1.22. The summed E-state index contributed by atoms with van der Waals surface area (Å²) in [7, 11) is 3.49. The highest BCUT2D eigenvalue weighted by Crippen LogP contribution is 2.26. The molecule has 1 fully saturated rings. The van der Waals surface area contributed by atoms with Crippen LogP contribution < -0.4 is 10.5 Å². The highest BCUT2D eigenvalue weighted by Gasteiger charge is 2.32. The molecule has 1 amide bonds. The van der Waals surface area contributed by atoms with Gasteiger partial charge in [-0.25, -0.2) is 0 Å². The minimum absolute atomic E-state index is 0.0668. The molecule has 3 rings (SSSR count). The highest BCUT2D eigenvalue weighted by molar-refractivity contribution is 5.78. The summed E-state index contributed by atoms with van der Waals surface area (Å²) in [6, 6.07) is 18.2. The van der Waals surface area contributed by atoms with Crippen molar-refractivity contribution in [3.05, 3.63) is 65.7 Å². The molecule has 1 saturated heterocycles. The zero-order valence-corrected chi connectivity index (χ0v) is 15.5. The van der Waals surface area contributed by atoms with Crippen LogP contribution in [0.15, 0.2) is 54.6 Å². The Balaban J connectivity index is 1.54. The van der Waals surface area contributed by atoms with E-state index in [2.05, 4.69) is 17.0 Å². The van der Waals surface area contributed by atoms with Crippen molar-refractivity contribution < 1.29 is 9.53 Å². The number of nitrogens with two attached hydrogens (primary N) is 1. The molecule has 1 aliphatic rings. The third-order valence-electron chi connectivity index (χ3n) is 5.03. The lowest BCUT2D eigenvalue weighted by Gasteiger charge is -2.22. The van der Waals surface area contributed by atoms with Crippen molar-refractivity contribution in [1.82, 2.24) is 9.80 Å². The van der Waals surface area contributed by atoms with Gasteiger partial charge in [-0.05, 0) is 23.3 Å². The van der Waals surface area contributed by atoms with E-state index in [1.54, 1.807) is 12.0 Å². The lowest BCUT2D eigenvalue weighted by molar-refractivity contribution is -0.131. The normalized spacial score (nSPS) is 20.1. The first-order valence-corrected chi connectivity index (χ1v) is 8.96. The van der Waals surface area contributed by atoms with Crippen molar-refractivity contribution in [3.8, 4) is 5.75 Å². The van der Waals surface area contributed by atoms with E-state index in [4.69, 9.17) is 10.5 Å². The molecule has 138 valence electrons. The number of hydrogen-bond acceptors (Lipinski definition) is 4. The van der Waals surface area contributed by atoms with Gasteiger partial charge < -0.3 is 15.4 Å². The Morgan fingerprint density at radius 1 is 1.15 bits per heavy atom. The van der Waals surface area contributed by atoms with E-state index in [0.29, 0.717) is 13.1 Å². The first-order valence-electron chi connectivity index (χ1n) is 8.96. The van der Waals surface area contributed by atoms with Gasteiger partial charge in [-0.1, -0.05) is 42.5 Å². The maximum atomic E-state index is 12.6. The molecule has 0 bridgehead atoms. The van der Waals surface area contributed by atoms with E-state index in [-0.39, 0.29) is 17.9 Å². The summed E-state index contributed by atoms with van der Waals surface area (Å²) in [4.78, 5) is 16.5. The average molecular weight is 353 g/mol. The average Bonchev–Trinajstić information content (AvgIpc) is 3.03. The van der Waals surface area contributed by atoms with Gasteiger partial charge in [0.05, 0.1) is 13.7 Å². The molecule has 0 saturated carbocycles. The molecule has 5 nitrogen and oxygen atoms in total. The number of amides is 1. The number of likely N-dealkylation sites (N-methyl/N-ethyl adjacent to an activating group) is 1. The van der Waals surface area contributed by atoms with Crippen LogP contribution in [-0.4, -0.2) is 55.5 Å². The van der Waals surface area contributed by atoms with Crippen LogP contribution in [0.5, 0.6) is 5.75 Å². The molecule has 2 atom stereocenters. The molecular formula is C21H27N3O2. The fraction of sp³-hybridized carbons (Fsp3) is 0.381. The number of benzene rings is 2. The molecule has 2 aromatic carbocycles. The monoisotopic (exact) mass is 353 g/mol. The maximum Gasteiger partial charge on any atom is 0.236 e. The summed E-state index contributed by atoms with van der Waals surface area (Å²) in [5.41, 5.74) is 8.66. The van der Waals surface area contributed by atoms with Gasteiger partial charge in [-0.3, -0.25) is 9.69 Å². The smallest absolute Gasteiger partial charge is 0.236 e. The number of carbonyl (C=O) groups excluding carboxylic acids is 1. The predicted molar refractivity (Wildman–Crippen MR) is 103 cm³/mol. The third-order valence-corrected chi connectivity index (χ3v) is 5.03. The number of nitrogens with zero attached hydrogens (tertiary/aromatic N) is 2. The highest BCUT2D eigenvalue weighted by atomic mass is 16.5. The summed E-state index contributed by atoms with van der Waals surface area (Å²) < 4.78 is 5.17. The Hall–Kier alpha value is -2.37. The van der Waals surface area contributed by atoms with Crippen LogP contribution in [-0.2, 0) is 11.3 Å². The van der Waals surface area contributed by atoms with E-state index in [1.807, 2.05) is 49.5 Å². The Bertz CT molecular complexity index is 718. The van der Waals surface area contributed by atoms with Gasteiger partial charge in [0.25, 0.3) is 0 Å². The van der Waals surface area contributed by atoms with Crippen LogP contribution >= 0.6 is 0 Å². The number of carbonyl (C=O) groups is 1. The van der Waals surface area contributed by atoms with Gasteiger partial charge in [0.15, 0.2) is 0 Å². The van der Waals surface area contributed by atoms with E-state index >= 15 is 0 Å². The Morgan fingerprint density at radius 2 is 1.85 bits per heavy atom. The van der Waals surface area contributed by atoms with Crippen LogP contribution in [0.1, 0.15) is 17.0 Å². The van der Waals surface area contributed by atoms with Crippen LogP contribution in [0, 0.1) is 0 Å². The molecule has 0 spiro atoms. The molecule has 1 heterocycles. The fourth-order valence-corrected chi connectivity index (χ4v) is 3.50. The van der Waals surface area contributed by atoms with E-state index in [0.717, 1.165) is 24.4 Å². The lowest BCUT2D eigenvalue weighted by Crippen LogP contribution is -2.38. The summed E-state index contributed by atoms with van der Waals surface area (Å²) in [5, 5.41) is 0. The van der Waals surface area contributed by atoms with E-state index < -0.39 is 0 Å². The van der Waals surface area contributed by atoms with Gasteiger partial charge in [-0.15, -0.1) is 0 Å². The first-order chi connectivity index (χ1) is 12.6. The molecule has 2 N–H and O–H groups in total. The number of hydrogen-bond donors (Lipinski definition) is 1. The van der Waals surface area contributed by atoms with Gasteiger partial charge in [0.2, 0.25) is 5.91 Å². The zero-order chi connectivity index (χ0) is 18.5. The molecule has 26 heavy (non-hydrogen) atoms. The quantitative estimate of drug-likeness (QED) is 0.864. The maximum absolute atomic E-state index is 12.6. The number of likely N-dealkylation sites (tertiary alicyclic amines) is 1. The van der Waals surface area contributed by atoms with Crippen LogP contribution in [0.4, 0.5) is 0 Å². The Morgan fingerprint density at radius 3 is 2.50 bits per heavy atom. The van der Waals surface area contributed by atoms with Crippen LogP contribution in [0.25, 0.3) is 0 Å². The lowest BCUT2D eigenvalue weighted by atomic mass is 9.95. The summed E-state index contributed by atoms with van der Waals surface area (Å²) in [6.45, 7) is 2.57. The Labute approximate surface area is 155 Å².